The van der Waals surface area contributed by atoms with E-state index in [4.69, 9.17) is 11.6 Å². The molecule has 0 aliphatic carbocycles. The fraction of sp³-hybridized carbons (Fsp3) is 0.250. The molecule has 6 nitrogen and oxygen atoms in total. The Morgan fingerprint density at radius 3 is 2.79 bits per heavy atom. The molecule has 1 aromatic carbocycles. The van der Waals surface area contributed by atoms with Crippen LogP contribution >= 0.6 is 23.4 Å². The second-order valence-corrected chi connectivity index (χ2v) is 6.83. The minimum absolute atomic E-state index is 0.153. The number of carbonyl (C=O) groups excluding carboxylic acids is 1. The summed E-state index contributed by atoms with van der Waals surface area (Å²) in [4.78, 5) is 16.5. The van der Waals surface area contributed by atoms with Crippen molar-refractivity contribution in [3.63, 3.8) is 0 Å². The lowest BCUT2D eigenvalue weighted by Gasteiger charge is -2.08. The second kappa shape index (κ2) is 6.78. The van der Waals surface area contributed by atoms with E-state index < -0.39 is 0 Å². The van der Waals surface area contributed by atoms with E-state index in [-0.39, 0.29) is 11.7 Å². The number of carbonyl (C=O) groups is 1. The summed E-state index contributed by atoms with van der Waals surface area (Å²) in [6.07, 6.45) is 0. The van der Waals surface area contributed by atoms with Crippen molar-refractivity contribution in [3.8, 4) is 0 Å². The Kier molecular flexibility index (Phi) is 4.73. The van der Waals surface area contributed by atoms with Gasteiger partial charge in [-0.3, -0.25) is 9.20 Å². The van der Waals surface area contributed by atoms with Gasteiger partial charge in [-0.25, -0.2) is 4.98 Å². The van der Waals surface area contributed by atoms with Crippen LogP contribution < -0.4 is 5.32 Å². The standard InChI is InChI=1S/C16H16ClN5OS/c1-9-4-5-13(12(17)6-9)19-14(23)8-24-16-21-20-15-18-10(2)7-11(3)22(15)16/h4-7H,8H2,1-3H3,(H,19,23). The lowest BCUT2D eigenvalue weighted by molar-refractivity contribution is -0.113. The maximum atomic E-state index is 12.2. The van der Waals surface area contributed by atoms with Crippen LogP contribution in [0.3, 0.4) is 0 Å². The summed E-state index contributed by atoms with van der Waals surface area (Å²) in [7, 11) is 0. The van der Waals surface area contributed by atoms with Crippen LogP contribution in [0.25, 0.3) is 5.78 Å². The van der Waals surface area contributed by atoms with Gasteiger partial charge < -0.3 is 5.32 Å². The zero-order chi connectivity index (χ0) is 17.3. The molecular formula is C16H16ClN5OS. The first-order chi connectivity index (χ1) is 11.4. The number of nitrogens with one attached hydrogen (secondary N) is 1. The van der Waals surface area contributed by atoms with Crippen LogP contribution in [0.5, 0.6) is 0 Å². The summed E-state index contributed by atoms with van der Waals surface area (Å²) >= 11 is 7.44. The number of aryl methyl sites for hydroxylation is 3. The number of fused-ring (bicyclic) bond motifs is 1. The lowest BCUT2D eigenvalue weighted by atomic mass is 10.2. The Balaban J connectivity index is 1.70. The van der Waals surface area contributed by atoms with Crippen molar-refractivity contribution in [1.29, 1.82) is 0 Å². The van der Waals surface area contributed by atoms with Crippen LogP contribution in [0.15, 0.2) is 29.4 Å². The van der Waals surface area contributed by atoms with Crippen LogP contribution in [-0.2, 0) is 4.79 Å². The Morgan fingerprint density at radius 2 is 2.04 bits per heavy atom. The summed E-state index contributed by atoms with van der Waals surface area (Å²) in [6, 6.07) is 7.46. The molecule has 1 N–H and O–H groups in total. The molecule has 0 atom stereocenters. The Hall–Kier alpha value is -2.12. The highest BCUT2D eigenvalue weighted by molar-refractivity contribution is 7.99. The van der Waals surface area contributed by atoms with E-state index in [9.17, 15) is 4.79 Å². The third-order valence-corrected chi connectivity index (χ3v) is 4.64. The van der Waals surface area contributed by atoms with E-state index in [1.807, 2.05) is 43.4 Å². The monoisotopic (exact) mass is 361 g/mol. The van der Waals surface area contributed by atoms with Gasteiger partial charge in [0.1, 0.15) is 0 Å². The maximum absolute atomic E-state index is 12.2. The molecule has 0 aliphatic heterocycles. The summed E-state index contributed by atoms with van der Waals surface area (Å²) in [5, 5.41) is 12.1. The predicted molar refractivity (Wildman–Crippen MR) is 95.8 cm³/mol. The molecule has 0 aliphatic rings. The molecule has 0 bridgehead atoms. The lowest BCUT2D eigenvalue weighted by Crippen LogP contribution is -2.14. The van der Waals surface area contributed by atoms with E-state index in [0.29, 0.717) is 21.6 Å². The number of hydrogen-bond acceptors (Lipinski definition) is 5. The first-order valence-corrected chi connectivity index (χ1v) is 8.68. The molecule has 0 spiro atoms. The van der Waals surface area contributed by atoms with Crippen molar-refractivity contribution in [2.45, 2.75) is 25.9 Å². The predicted octanol–water partition coefficient (Wildman–Crippen LogP) is 3.43. The first-order valence-electron chi connectivity index (χ1n) is 7.32. The van der Waals surface area contributed by atoms with Gasteiger partial charge in [-0.1, -0.05) is 29.4 Å². The summed E-state index contributed by atoms with van der Waals surface area (Å²) < 4.78 is 1.84. The number of halogens is 1. The minimum Gasteiger partial charge on any atom is -0.324 e. The molecule has 0 saturated carbocycles. The highest BCUT2D eigenvalue weighted by Gasteiger charge is 2.13. The fourth-order valence-electron chi connectivity index (χ4n) is 2.33. The third kappa shape index (κ3) is 3.52. The number of aromatic nitrogens is 4. The van der Waals surface area contributed by atoms with Crippen LogP contribution in [0.2, 0.25) is 5.02 Å². The van der Waals surface area contributed by atoms with Crippen LogP contribution in [0.4, 0.5) is 5.69 Å². The molecule has 1 amide bonds. The Bertz CT molecular complexity index is 924. The molecule has 3 aromatic rings. The quantitative estimate of drug-likeness (QED) is 0.721. The number of anilines is 1. The number of thioether (sulfide) groups is 1. The molecule has 2 aromatic heterocycles. The highest BCUT2D eigenvalue weighted by atomic mass is 35.5. The van der Waals surface area contributed by atoms with Gasteiger partial charge in [-0.05, 0) is 44.5 Å². The molecule has 8 heteroatoms. The van der Waals surface area contributed by atoms with E-state index >= 15 is 0 Å². The number of rotatable bonds is 4. The van der Waals surface area contributed by atoms with Crippen molar-refractivity contribution >= 4 is 40.7 Å². The third-order valence-electron chi connectivity index (χ3n) is 3.39. The van der Waals surface area contributed by atoms with Crippen molar-refractivity contribution in [1.82, 2.24) is 19.6 Å². The summed E-state index contributed by atoms with van der Waals surface area (Å²) in [5.74, 6) is 0.593. The normalized spacial score (nSPS) is 11.0. The molecule has 0 radical (unpaired) electrons. The van der Waals surface area contributed by atoms with Gasteiger partial charge in [0.2, 0.25) is 5.91 Å². The zero-order valence-electron chi connectivity index (χ0n) is 13.5. The van der Waals surface area contributed by atoms with E-state index in [1.165, 1.54) is 11.8 Å². The maximum Gasteiger partial charge on any atom is 0.256 e. The largest absolute Gasteiger partial charge is 0.324 e. The number of amides is 1. The van der Waals surface area contributed by atoms with Gasteiger partial charge in [0.15, 0.2) is 5.16 Å². The van der Waals surface area contributed by atoms with Crippen molar-refractivity contribution in [2.75, 3.05) is 11.1 Å². The van der Waals surface area contributed by atoms with Crippen molar-refractivity contribution in [2.24, 2.45) is 0 Å². The van der Waals surface area contributed by atoms with E-state index in [1.54, 1.807) is 6.07 Å². The van der Waals surface area contributed by atoms with Gasteiger partial charge in [-0.2, -0.15) is 0 Å². The summed E-state index contributed by atoms with van der Waals surface area (Å²) in [6.45, 7) is 5.82. The van der Waals surface area contributed by atoms with E-state index in [2.05, 4.69) is 20.5 Å². The zero-order valence-corrected chi connectivity index (χ0v) is 15.1. The topological polar surface area (TPSA) is 72.2 Å². The van der Waals surface area contributed by atoms with Crippen LogP contribution in [0, 0.1) is 20.8 Å². The van der Waals surface area contributed by atoms with Gasteiger partial charge in [0.25, 0.3) is 5.78 Å². The van der Waals surface area contributed by atoms with Gasteiger partial charge in [-0.15, -0.1) is 10.2 Å². The van der Waals surface area contributed by atoms with E-state index in [0.717, 1.165) is 17.0 Å². The SMILES string of the molecule is Cc1ccc(NC(=O)CSc2nnc3nc(C)cc(C)n23)c(Cl)c1. The van der Waals surface area contributed by atoms with Gasteiger partial charge in [0, 0.05) is 11.4 Å². The highest BCUT2D eigenvalue weighted by Crippen LogP contribution is 2.24. The second-order valence-electron chi connectivity index (χ2n) is 5.48. The molecular weight excluding hydrogens is 346 g/mol. The fourth-order valence-corrected chi connectivity index (χ4v) is 3.40. The minimum atomic E-state index is -0.153. The average molecular weight is 362 g/mol. The first kappa shape index (κ1) is 16.7. The molecule has 2 heterocycles. The summed E-state index contributed by atoms with van der Waals surface area (Å²) in [5.41, 5.74) is 3.51. The molecule has 0 saturated heterocycles. The van der Waals surface area contributed by atoms with Crippen LogP contribution in [-0.4, -0.2) is 31.2 Å². The van der Waals surface area contributed by atoms with Crippen LogP contribution in [0.1, 0.15) is 17.0 Å². The number of hydrogen-bond donors (Lipinski definition) is 1. The van der Waals surface area contributed by atoms with Crippen molar-refractivity contribution < 1.29 is 4.79 Å². The smallest absolute Gasteiger partial charge is 0.256 e. The Morgan fingerprint density at radius 1 is 1.25 bits per heavy atom. The van der Waals surface area contributed by atoms with Gasteiger partial charge >= 0.3 is 0 Å². The molecule has 124 valence electrons. The molecule has 0 unspecified atom stereocenters. The molecule has 24 heavy (non-hydrogen) atoms. The molecule has 3 rings (SSSR count). The molecule has 0 fully saturated rings. The Labute approximate surface area is 148 Å². The number of nitrogens with zero attached hydrogens (tertiary/aromatic N) is 4. The van der Waals surface area contributed by atoms with Gasteiger partial charge in [0.05, 0.1) is 16.5 Å². The number of benzene rings is 1. The average Bonchev–Trinajstić information content (AvgIpc) is 2.91. The van der Waals surface area contributed by atoms with Crippen molar-refractivity contribution in [3.05, 3.63) is 46.2 Å².